The number of hydrogen-bond acceptors (Lipinski definition) is 2. The van der Waals surface area contributed by atoms with Gasteiger partial charge in [-0.3, -0.25) is 0 Å². The zero-order valence-corrected chi connectivity index (χ0v) is 8.01. The number of rotatable bonds is 1. The van der Waals surface area contributed by atoms with E-state index in [9.17, 15) is 0 Å². The Kier molecular flexibility index (Phi) is 2.23. The monoisotopic (exact) mass is 176 g/mol. The van der Waals surface area contributed by atoms with E-state index in [1.54, 1.807) is 0 Å². The van der Waals surface area contributed by atoms with E-state index in [1.807, 2.05) is 6.07 Å². The van der Waals surface area contributed by atoms with E-state index in [0.717, 1.165) is 12.2 Å². The molecular weight excluding hydrogens is 160 g/mol. The number of benzene rings is 1. The summed E-state index contributed by atoms with van der Waals surface area (Å²) in [7, 11) is 0. The Balaban J connectivity index is 2.25. The molecule has 0 radical (unpaired) electrons. The second-order valence-electron chi connectivity index (χ2n) is 3.76. The molecule has 2 heteroatoms. The molecule has 0 bridgehead atoms. The molecule has 1 atom stereocenters. The highest BCUT2D eigenvalue weighted by atomic mass is 14.9. The Labute approximate surface area is 79.1 Å². The fourth-order valence-corrected chi connectivity index (χ4v) is 1.88. The third-order valence-electron chi connectivity index (χ3n) is 2.76. The Morgan fingerprint density at radius 1 is 1.46 bits per heavy atom. The van der Waals surface area contributed by atoms with Gasteiger partial charge >= 0.3 is 0 Å². The second-order valence-corrected chi connectivity index (χ2v) is 3.76. The Hall–Kier alpha value is -1.02. The molecule has 0 aromatic heterocycles. The van der Waals surface area contributed by atoms with E-state index in [0.29, 0.717) is 6.04 Å². The summed E-state index contributed by atoms with van der Waals surface area (Å²) in [5.74, 6) is 0. The Morgan fingerprint density at radius 3 is 2.92 bits per heavy atom. The number of nitrogens with one attached hydrogen (secondary N) is 1. The van der Waals surface area contributed by atoms with Crippen LogP contribution in [0.5, 0.6) is 0 Å². The molecule has 1 aromatic carbocycles. The molecule has 1 saturated heterocycles. The number of hydrogen-bond donors (Lipinski definition) is 2. The molecule has 1 aliphatic heterocycles. The first kappa shape index (κ1) is 8.57. The van der Waals surface area contributed by atoms with Gasteiger partial charge in [-0.15, -0.1) is 0 Å². The lowest BCUT2D eigenvalue weighted by atomic mass is 10.0. The van der Waals surface area contributed by atoms with Crippen molar-refractivity contribution in [2.75, 3.05) is 12.3 Å². The highest BCUT2D eigenvalue weighted by Crippen LogP contribution is 2.25. The number of nitrogens with two attached hydrogens (primary N) is 1. The smallest absolute Gasteiger partial charge is 0.0343 e. The predicted octanol–water partition coefficient (Wildman–Crippen LogP) is 2.00. The maximum absolute atomic E-state index is 5.77. The molecule has 1 aromatic rings. The standard InChI is InChI=1S/C11H16N2/c1-8-7-9(4-5-10(8)12)11-3-2-6-13-11/h4-5,7,11,13H,2-3,6,12H2,1H3/t11-/m1/s1. The van der Waals surface area contributed by atoms with Crippen LogP contribution in [0.2, 0.25) is 0 Å². The van der Waals surface area contributed by atoms with Crippen molar-refractivity contribution in [3.8, 4) is 0 Å². The molecule has 0 saturated carbocycles. The van der Waals surface area contributed by atoms with Crippen LogP contribution in [0, 0.1) is 6.92 Å². The van der Waals surface area contributed by atoms with Crippen LogP contribution in [0.3, 0.4) is 0 Å². The zero-order chi connectivity index (χ0) is 9.26. The first-order valence-electron chi connectivity index (χ1n) is 4.87. The topological polar surface area (TPSA) is 38.0 Å². The molecular formula is C11H16N2. The van der Waals surface area contributed by atoms with E-state index < -0.39 is 0 Å². The first-order chi connectivity index (χ1) is 6.27. The van der Waals surface area contributed by atoms with Gasteiger partial charge in [0.25, 0.3) is 0 Å². The molecule has 70 valence electrons. The van der Waals surface area contributed by atoms with Gasteiger partial charge in [0.1, 0.15) is 0 Å². The number of aryl methyl sites for hydroxylation is 1. The van der Waals surface area contributed by atoms with Crippen molar-refractivity contribution < 1.29 is 0 Å². The summed E-state index contributed by atoms with van der Waals surface area (Å²) in [4.78, 5) is 0. The summed E-state index contributed by atoms with van der Waals surface area (Å²) in [6.45, 7) is 3.21. The largest absolute Gasteiger partial charge is 0.399 e. The van der Waals surface area contributed by atoms with E-state index >= 15 is 0 Å². The molecule has 0 unspecified atom stereocenters. The lowest BCUT2D eigenvalue weighted by Crippen LogP contribution is -2.12. The van der Waals surface area contributed by atoms with E-state index in [1.165, 1.54) is 24.0 Å². The van der Waals surface area contributed by atoms with Crippen molar-refractivity contribution in [2.24, 2.45) is 0 Å². The van der Waals surface area contributed by atoms with Crippen molar-refractivity contribution >= 4 is 5.69 Å². The molecule has 1 heterocycles. The zero-order valence-electron chi connectivity index (χ0n) is 8.01. The van der Waals surface area contributed by atoms with Crippen LogP contribution >= 0.6 is 0 Å². The van der Waals surface area contributed by atoms with Crippen LogP contribution in [0.4, 0.5) is 5.69 Å². The molecule has 3 N–H and O–H groups in total. The predicted molar refractivity (Wildman–Crippen MR) is 55.6 cm³/mol. The Bertz CT molecular complexity index is 301. The van der Waals surface area contributed by atoms with Gasteiger partial charge in [-0.2, -0.15) is 0 Å². The maximum atomic E-state index is 5.77. The van der Waals surface area contributed by atoms with Crippen molar-refractivity contribution in [3.05, 3.63) is 29.3 Å². The normalized spacial score (nSPS) is 22.1. The van der Waals surface area contributed by atoms with Crippen LogP contribution in [0.15, 0.2) is 18.2 Å². The molecule has 0 amide bonds. The molecule has 0 aliphatic carbocycles. The van der Waals surface area contributed by atoms with Crippen molar-refractivity contribution in [2.45, 2.75) is 25.8 Å². The van der Waals surface area contributed by atoms with Crippen LogP contribution in [0.1, 0.15) is 30.0 Å². The minimum absolute atomic E-state index is 0.555. The molecule has 1 fully saturated rings. The molecule has 1 aliphatic rings. The van der Waals surface area contributed by atoms with Crippen molar-refractivity contribution in [1.82, 2.24) is 5.32 Å². The average molecular weight is 176 g/mol. The molecule has 2 nitrogen and oxygen atoms in total. The van der Waals surface area contributed by atoms with Crippen LogP contribution in [-0.4, -0.2) is 6.54 Å². The molecule has 0 spiro atoms. The van der Waals surface area contributed by atoms with Gasteiger partial charge in [0.2, 0.25) is 0 Å². The minimum Gasteiger partial charge on any atom is -0.399 e. The number of anilines is 1. The highest BCUT2D eigenvalue weighted by Gasteiger charge is 2.15. The van der Waals surface area contributed by atoms with Gasteiger partial charge in [-0.1, -0.05) is 12.1 Å². The van der Waals surface area contributed by atoms with Gasteiger partial charge in [0.05, 0.1) is 0 Å². The van der Waals surface area contributed by atoms with Crippen LogP contribution in [0.25, 0.3) is 0 Å². The maximum Gasteiger partial charge on any atom is 0.0343 e. The van der Waals surface area contributed by atoms with Crippen LogP contribution < -0.4 is 11.1 Å². The van der Waals surface area contributed by atoms with Crippen molar-refractivity contribution in [3.63, 3.8) is 0 Å². The van der Waals surface area contributed by atoms with E-state index in [-0.39, 0.29) is 0 Å². The molecule has 2 rings (SSSR count). The highest BCUT2D eigenvalue weighted by molar-refractivity contribution is 5.48. The van der Waals surface area contributed by atoms with Gasteiger partial charge in [0, 0.05) is 11.7 Å². The Morgan fingerprint density at radius 2 is 2.31 bits per heavy atom. The SMILES string of the molecule is Cc1cc([C@H]2CCCN2)ccc1N. The first-order valence-corrected chi connectivity index (χ1v) is 4.87. The van der Waals surface area contributed by atoms with Gasteiger partial charge in [0.15, 0.2) is 0 Å². The van der Waals surface area contributed by atoms with Crippen LogP contribution in [-0.2, 0) is 0 Å². The lowest BCUT2D eigenvalue weighted by Gasteiger charge is -2.11. The summed E-state index contributed by atoms with van der Waals surface area (Å²) < 4.78 is 0. The van der Waals surface area contributed by atoms with Gasteiger partial charge in [-0.05, 0) is 43.5 Å². The molecule has 13 heavy (non-hydrogen) atoms. The minimum atomic E-state index is 0.555. The van der Waals surface area contributed by atoms with Gasteiger partial charge in [-0.25, -0.2) is 0 Å². The summed E-state index contributed by atoms with van der Waals surface area (Å²) in [5.41, 5.74) is 9.22. The summed E-state index contributed by atoms with van der Waals surface area (Å²) >= 11 is 0. The van der Waals surface area contributed by atoms with Gasteiger partial charge < -0.3 is 11.1 Å². The van der Waals surface area contributed by atoms with E-state index in [2.05, 4.69) is 24.4 Å². The average Bonchev–Trinajstić information content (AvgIpc) is 2.62. The number of nitrogen functional groups attached to an aromatic ring is 1. The summed E-state index contributed by atoms with van der Waals surface area (Å²) in [5, 5.41) is 3.48. The van der Waals surface area contributed by atoms with E-state index in [4.69, 9.17) is 5.73 Å². The van der Waals surface area contributed by atoms with Crippen molar-refractivity contribution in [1.29, 1.82) is 0 Å². The quantitative estimate of drug-likeness (QED) is 0.642. The summed E-state index contributed by atoms with van der Waals surface area (Å²) in [6, 6.07) is 6.88. The third kappa shape index (κ3) is 1.68. The second kappa shape index (κ2) is 3.38. The third-order valence-corrected chi connectivity index (χ3v) is 2.76. The lowest BCUT2D eigenvalue weighted by molar-refractivity contribution is 0.647. The fraction of sp³-hybridized carbons (Fsp3) is 0.455. The fourth-order valence-electron chi connectivity index (χ4n) is 1.88. The summed E-state index contributed by atoms with van der Waals surface area (Å²) in [6.07, 6.45) is 2.54.